The fourth-order valence-corrected chi connectivity index (χ4v) is 2.75. The average Bonchev–Trinajstić information content (AvgIpc) is 2.78. The molecule has 0 radical (unpaired) electrons. The van der Waals surface area contributed by atoms with E-state index in [4.69, 9.17) is 5.73 Å². The number of hydrogen-bond donors (Lipinski definition) is 1. The van der Waals surface area contributed by atoms with Crippen molar-refractivity contribution in [1.82, 2.24) is 0 Å². The van der Waals surface area contributed by atoms with Gasteiger partial charge in [0.05, 0.1) is 0 Å². The fraction of sp³-hybridized carbons (Fsp3) is 0.286. The van der Waals surface area contributed by atoms with Gasteiger partial charge in [-0.3, -0.25) is 0 Å². The molecule has 2 rings (SSSR count). The van der Waals surface area contributed by atoms with Gasteiger partial charge in [0.2, 0.25) is 0 Å². The Morgan fingerprint density at radius 2 is 1.88 bits per heavy atom. The van der Waals surface area contributed by atoms with Crippen molar-refractivity contribution in [2.75, 3.05) is 0 Å². The first-order chi connectivity index (χ1) is 7.79. The highest BCUT2D eigenvalue weighted by Gasteiger charge is 2.05. The molecule has 0 spiro atoms. The van der Waals surface area contributed by atoms with E-state index in [1.54, 1.807) is 0 Å². The Bertz CT molecular complexity index is 433. The van der Waals surface area contributed by atoms with Crippen LogP contribution in [0.4, 0.5) is 0 Å². The molecule has 2 aromatic rings. The molecule has 1 heterocycles. The van der Waals surface area contributed by atoms with Gasteiger partial charge in [-0.25, -0.2) is 0 Å². The molecule has 84 valence electrons. The molecule has 1 atom stereocenters. The monoisotopic (exact) mass is 231 g/mol. The third kappa shape index (κ3) is 2.71. The molecule has 1 aromatic carbocycles. The zero-order valence-corrected chi connectivity index (χ0v) is 10.3. The summed E-state index contributed by atoms with van der Waals surface area (Å²) in [5, 5.41) is 0. The largest absolute Gasteiger partial charge is 0.327 e. The SMILES string of the molecule is CCC(N)Cc1ccc(-c2ccccc2)s1. The van der Waals surface area contributed by atoms with Crippen LogP contribution in [0.5, 0.6) is 0 Å². The predicted octanol–water partition coefficient (Wildman–Crippen LogP) is 3.69. The maximum absolute atomic E-state index is 5.96. The Morgan fingerprint density at radius 1 is 1.12 bits per heavy atom. The summed E-state index contributed by atoms with van der Waals surface area (Å²) in [6.45, 7) is 2.14. The molecule has 16 heavy (non-hydrogen) atoms. The minimum Gasteiger partial charge on any atom is -0.327 e. The molecule has 0 fully saturated rings. The first-order valence-corrected chi connectivity index (χ1v) is 6.51. The van der Waals surface area contributed by atoms with E-state index in [1.165, 1.54) is 15.3 Å². The van der Waals surface area contributed by atoms with Gasteiger partial charge in [-0.15, -0.1) is 11.3 Å². The molecular weight excluding hydrogens is 214 g/mol. The molecule has 0 saturated carbocycles. The number of rotatable bonds is 4. The predicted molar refractivity (Wildman–Crippen MR) is 71.7 cm³/mol. The van der Waals surface area contributed by atoms with Crippen molar-refractivity contribution in [3.63, 3.8) is 0 Å². The molecule has 0 aliphatic rings. The molecule has 1 aromatic heterocycles. The van der Waals surface area contributed by atoms with E-state index in [1.807, 2.05) is 17.4 Å². The molecule has 0 aliphatic heterocycles. The highest BCUT2D eigenvalue weighted by atomic mass is 32.1. The van der Waals surface area contributed by atoms with Crippen LogP contribution in [0, 0.1) is 0 Å². The van der Waals surface area contributed by atoms with Gasteiger partial charge in [-0.2, -0.15) is 0 Å². The highest BCUT2D eigenvalue weighted by molar-refractivity contribution is 7.15. The molecule has 0 bridgehead atoms. The lowest BCUT2D eigenvalue weighted by atomic mass is 10.1. The van der Waals surface area contributed by atoms with Gasteiger partial charge >= 0.3 is 0 Å². The van der Waals surface area contributed by atoms with Crippen LogP contribution < -0.4 is 5.73 Å². The van der Waals surface area contributed by atoms with Crippen molar-refractivity contribution in [2.45, 2.75) is 25.8 Å². The van der Waals surface area contributed by atoms with Crippen molar-refractivity contribution in [3.05, 3.63) is 47.3 Å². The van der Waals surface area contributed by atoms with Crippen molar-refractivity contribution in [3.8, 4) is 10.4 Å². The van der Waals surface area contributed by atoms with E-state index in [0.29, 0.717) is 6.04 Å². The molecule has 0 saturated heterocycles. The number of thiophene rings is 1. The topological polar surface area (TPSA) is 26.0 Å². The quantitative estimate of drug-likeness (QED) is 0.853. The zero-order valence-electron chi connectivity index (χ0n) is 9.52. The van der Waals surface area contributed by atoms with Crippen LogP contribution in [0.25, 0.3) is 10.4 Å². The van der Waals surface area contributed by atoms with E-state index in [-0.39, 0.29) is 0 Å². The van der Waals surface area contributed by atoms with Gasteiger partial charge in [0.1, 0.15) is 0 Å². The summed E-state index contributed by atoms with van der Waals surface area (Å²) in [6.07, 6.45) is 2.03. The van der Waals surface area contributed by atoms with Crippen molar-refractivity contribution in [2.24, 2.45) is 5.73 Å². The second-order valence-electron chi connectivity index (χ2n) is 4.00. The molecule has 0 amide bonds. The third-order valence-corrected chi connectivity index (χ3v) is 3.86. The van der Waals surface area contributed by atoms with Gasteiger partial charge in [0.25, 0.3) is 0 Å². The fourth-order valence-electron chi connectivity index (χ4n) is 1.65. The molecular formula is C14H17NS. The van der Waals surface area contributed by atoms with Crippen LogP contribution in [0.1, 0.15) is 18.2 Å². The van der Waals surface area contributed by atoms with E-state index >= 15 is 0 Å². The Hall–Kier alpha value is -1.12. The van der Waals surface area contributed by atoms with E-state index < -0.39 is 0 Å². The van der Waals surface area contributed by atoms with Crippen molar-refractivity contribution >= 4 is 11.3 Å². The Kier molecular flexibility index (Phi) is 3.75. The maximum Gasteiger partial charge on any atom is 0.0345 e. The number of benzene rings is 1. The average molecular weight is 231 g/mol. The first-order valence-electron chi connectivity index (χ1n) is 5.69. The number of nitrogens with two attached hydrogens (primary N) is 1. The number of hydrogen-bond acceptors (Lipinski definition) is 2. The van der Waals surface area contributed by atoms with Crippen molar-refractivity contribution in [1.29, 1.82) is 0 Å². The molecule has 2 heteroatoms. The van der Waals surface area contributed by atoms with Gasteiger partial charge < -0.3 is 5.73 Å². The Balaban J connectivity index is 2.14. The summed E-state index contributed by atoms with van der Waals surface area (Å²) in [6, 6.07) is 15.2. The Labute approximate surface area is 101 Å². The lowest BCUT2D eigenvalue weighted by molar-refractivity contribution is 0.652. The Morgan fingerprint density at radius 3 is 2.56 bits per heavy atom. The smallest absolute Gasteiger partial charge is 0.0345 e. The summed E-state index contributed by atoms with van der Waals surface area (Å²) < 4.78 is 0. The van der Waals surface area contributed by atoms with E-state index in [9.17, 15) is 0 Å². The van der Waals surface area contributed by atoms with E-state index in [2.05, 4.69) is 43.3 Å². The van der Waals surface area contributed by atoms with Crippen LogP contribution in [-0.4, -0.2) is 6.04 Å². The first kappa shape index (κ1) is 11.4. The zero-order chi connectivity index (χ0) is 11.4. The van der Waals surface area contributed by atoms with Gasteiger partial charge in [0, 0.05) is 15.8 Å². The van der Waals surface area contributed by atoms with Crippen LogP contribution in [-0.2, 0) is 6.42 Å². The lowest BCUT2D eigenvalue weighted by Crippen LogP contribution is -2.20. The maximum atomic E-state index is 5.96. The second kappa shape index (κ2) is 5.28. The van der Waals surface area contributed by atoms with Gasteiger partial charge in [-0.05, 0) is 30.5 Å². The summed E-state index contributed by atoms with van der Waals surface area (Å²) in [5.41, 5.74) is 7.25. The summed E-state index contributed by atoms with van der Waals surface area (Å²) >= 11 is 1.85. The van der Waals surface area contributed by atoms with Crippen LogP contribution >= 0.6 is 11.3 Å². The summed E-state index contributed by atoms with van der Waals surface area (Å²) in [4.78, 5) is 2.71. The minimum atomic E-state index is 0.294. The molecule has 2 N–H and O–H groups in total. The second-order valence-corrected chi connectivity index (χ2v) is 5.17. The highest BCUT2D eigenvalue weighted by Crippen LogP contribution is 2.28. The van der Waals surface area contributed by atoms with Crippen LogP contribution in [0.2, 0.25) is 0 Å². The normalized spacial score (nSPS) is 12.6. The summed E-state index contributed by atoms with van der Waals surface area (Å²) in [7, 11) is 0. The van der Waals surface area contributed by atoms with Crippen LogP contribution in [0.3, 0.4) is 0 Å². The van der Waals surface area contributed by atoms with E-state index in [0.717, 1.165) is 12.8 Å². The molecule has 0 aliphatic carbocycles. The molecule has 1 nitrogen and oxygen atoms in total. The summed E-state index contributed by atoms with van der Waals surface area (Å²) in [5.74, 6) is 0. The van der Waals surface area contributed by atoms with Gasteiger partial charge in [-0.1, -0.05) is 37.3 Å². The molecule has 1 unspecified atom stereocenters. The minimum absolute atomic E-state index is 0.294. The third-order valence-electron chi connectivity index (χ3n) is 2.71. The van der Waals surface area contributed by atoms with Crippen LogP contribution in [0.15, 0.2) is 42.5 Å². The standard InChI is InChI=1S/C14H17NS/c1-2-12(15)10-13-8-9-14(16-13)11-6-4-3-5-7-11/h3-9,12H,2,10,15H2,1H3. The van der Waals surface area contributed by atoms with Crippen molar-refractivity contribution < 1.29 is 0 Å². The van der Waals surface area contributed by atoms with Gasteiger partial charge in [0.15, 0.2) is 0 Å². The lowest BCUT2D eigenvalue weighted by Gasteiger charge is -2.05.